The number of carboxylic acids is 1. The van der Waals surface area contributed by atoms with Gasteiger partial charge in [0.2, 0.25) is 0 Å². The van der Waals surface area contributed by atoms with Gasteiger partial charge in [0, 0.05) is 47.9 Å². The summed E-state index contributed by atoms with van der Waals surface area (Å²) in [6, 6.07) is 7.21. The number of carbonyl (C=O) groups is 4. The minimum absolute atomic E-state index is 0.0130. The number of amides is 1. The normalized spacial score (nSPS) is 38.7. The van der Waals surface area contributed by atoms with Crippen molar-refractivity contribution in [2.75, 3.05) is 26.3 Å². The van der Waals surface area contributed by atoms with Gasteiger partial charge in [-0.1, -0.05) is 67.9 Å². The molecule has 1 aliphatic heterocycles. The molecule has 4 N–H and O–H groups in total. The van der Waals surface area contributed by atoms with E-state index >= 15 is 0 Å². The number of ketones is 1. The molecule has 0 aromatic heterocycles. The van der Waals surface area contributed by atoms with Crippen LogP contribution in [0.25, 0.3) is 0 Å². The third-order valence-electron chi connectivity index (χ3n) is 19.8. The molecule has 11 nitrogen and oxygen atoms in total. The number of Topliss-reactive ketones (excluding diaryl/α,β-unsaturated/α-hetero) is 1. The Balaban J connectivity index is 0.951. The number of allylic oxidation sites excluding steroid dienone is 1. The number of aliphatic hydroxyl groups is 1. The Bertz CT molecular complexity index is 2070. The number of nitrogens with one attached hydrogen (secondary N) is 2. The molecular weight excluding hydrogens is 821 g/mol. The Morgan fingerprint density at radius 2 is 1.57 bits per heavy atom. The van der Waals surface area contributed by atoms with Crippen LogP contribution >= 0.6 is 0 Å². The van der Waals surface area contributed by atoms with Crippen LogP contribution in [0.3, 0.4) is 0 Å². The third-order valence-corrected chi connectivity index (χ3v) is 19.8. The standard InChI is InChI=1S/C54H80N2O9/c1-31(2)43-38(57)27-54(41(58)28-55-30-48(3,4)56-45(59)32-12-14-33(15-13-32)64-34-20-25-63-29-34)24-23-52(10)35(44(43)54)16-17-40-51(9)21-19-42(50(7,8)39(51)18-22-53(40,52)11)65-47(62)37-26-36(46(60)61)49(37,5)6/h12-15,31,34-37,39-42,55,58H,16-30H2,1-11H3,(H,56,59)(H,60,61)/t34-,35-,36+,37-,39+,40-,41+,42+,51+,52-,53-,54+/m1/s1. The van der Waals surface area contributed by atoms with Crippen LogP contribution in [0, 0.1) is 68.0 Å². The van der Waals surface area contributed by atoms with E-state index in [1.54, 1.807) is 12.1 Å². The van der Waals surface area contributed by atoms with E-state index in [2.05, 4.69) is 59.1 Å². The van der Waals surface area contributed by atoms with Crippen molar-refractivity contribution in [2.24, 2.45) is 68.0 Å². The second-order valence-electron chi connectivity index (χ2n) is 24.8. The van der Waals surface area contributed by atoms with Gasteiger partial charge in [-0.05, 0) is 147 Å². The summed E-state index contributed by atoms with van der Waals surface area (Å²) < 4.78 is 17.8. The average Bonchev–Trinajstić information content (AvgIpc) is 3.84. The average molecular weight is 901 g/mol. The second kappa shape index (κ2) is 16.7. The van der Waals surface area contributed by atoms with Gasteiger partial charge in [0.05, 0.1) is 31.2 Å². The van der Waals surface area contributed by atoms with Crippen LogP contribution < -0.4 is 15.4 Å². The molecule has 1 aromatic rings. The van der Waals surface area contributed by atoms with Crippen molar-refractivity contribution in [1.29, 1.82) is 0 Å². The Kier molecular flexibility index (Phi) is 12.4. The second-order valence-corrected chi connectivity index (χ2v) is 24.8. The number of hydrogen-bond acceptors (Lipinski definition) is 9. The minimum atomic E-state index is -0.839. The zero-order chi connectivity index (χ0) is 47.3. The number of aliphatic hydroxyl groups excluding tert-OH is 1. The molecule has 6 fully saturated rings. The molecule has 0 radical (unpaired) electrons. The maximum Gasteiger partial charge on any atom is 0.309 e. The van der Waals surface area contributed by atoms with Gasteiger partial charge < -0.3 is 35.1 Å². The molecule has 0 spiro atoms. The van der Waals surface area contributed by atoms with Gasteiger partial charge in [-0.2, -0.15) is 0 Å². The zero-order valence-corrected chi connectivity index (χ0v) is 41.4. The lowest BCUT2D eigenvalue weighted by atomic mass is 9.33. The third kappa shape index (κ3) is 7.81. The number of esters is 1. The van der Waals surface area contributed by atoms with E-state index in [4.69, 9.17) is 14.2 Å². The quantitative estimate of drug-likeness (QED) is 0.141. The van der Waals surface area contributed by atoms with Crippen LogP contribution in [-0.2, 0) is 23.9 Å². The Morgan fingerprint density at radius 1 is 0.862 bits per heavy atom. The molecule has 11 heteroatoms. The summed E-state index contributed by atoms with van der Waals surface area (Å²) in [6.07, 6.45) is 8.25. The van der Waals surface area contributed by atoms with Crippen molar-refractivity contribution in [3.8, 4) is 5.75 Å². The van der Waals surface area contributed by atoms with E-state index in [1.165, 1.54) is 5.57 Å². The van der Waals surface area contributed by atoms with Gasteiger partial charge in [0.25, 0.3) is 5.91 Å². The fourth-order valence-corrected chi connectivity index (χ4v) is 15.9. The van der Waals surface area contributed by atoms with Gasteiger partial charge in [0.1, 0.15) is 18.0 Å². The first kappa shape index (κ1) is 48.2. The van der Waals surface area contributed by atoms with E-state index < -0.39 is 40.3 Å². The summed E-state index contributed by atoms with van der Waals surface area (Å²) in [4.78, 5) is 53.2. The van der Waals surface area contributed by atoms with Crippen molar-refractivity contribution in [3.63, 3.8) is 0 Å². The lowest BCUT2D eigenvalue weighted by Crippen LogP contribution is -2.66. The molecule has 7 aliphatic rings. The van der Waals surface area contributed by atoms with E-state index in [0.29, 0.717) is 56.5 Å². The van der Waals surface area contributed by atoms with Crippen molar-refractivity contribution in [2.45, 2.75) is 171 Å². The molecule has 1 amide bonds. The summed E-state index contributed by atoms with van der Waals surface area (Å²) in [5.74, 6) is -0.183. The summed E-state index contributed by atoms with van der Waals surface area (Å²) in [5.41, 5.74) is 0.641. The van der Waals surface area contributed by atoms with Crippen LogP contribution in [0.1, 0.15) is 157 Å². The molecule has 1 aromatic carbocycles. The SMILES string of the molecule is CC(C)C1=C2[C@H]3CC[C@@H]4[C@@]5(C)CC[C@H](OC(=O)[C@H]6C[C@@H](C(=O)O)C6(C)C)C(C)(C)[C@@H]5CC[C@@]4(C)[C@]3(C)CC[C@@]2([C@@H](O)CNCC(C)(C)NC(=O)c2ccc(O[C@@H]3CCOC3)cc2)CC1=O. The lowest BCUT2D eigenvalue weighted by Gasteiger charge is -2.72. The molecule has 65 heavy (non-hydrogen) atoms. The van der Waals surface area contributed by atoms with Crippen LogP contribution in [0.2, 0.25) is 0 Å². The van der Waals surface area contributed by atoms with Gasteiger partial charge in [-0.15, -0.1) is 0 Å². The largest absolute Gasteiger partial charge is 0.488 e. The molecule has 0 bridgehead atoms. The molecule has 12 atom stereocenters. The molecule has 5 saturated carbocycles. The number of aliphatic carboxylic acids is 1. The molecule has 1 saturated heterocycles. The van der Waals surface area contributed by atoms with E-state index in [0.717, 1.165) is 69.1 Å². The summed E-state index contributed by atoms with van der Waals surface area (Å²) >= 11 is 0. The fraction of sp³-hybridized carbons (Fsp3) is 0.778. The smallest absolute Gasteiger partial charge is 0.309 e. The predicted octanol–water partition coefficient (Wildman–Crippen LogP) is 8.95. The van der Waals surface area contributed by atoms with E-state index in [1.807, 2.05) is 39.8 Å². The number of fused-ring (bicyclic) bond motifs is 7. The summed E-state index contributed by atoms with van der Waals surface area (Å²) in [5, 5.41) is 28.9. The highest BCUT2D eigenvalue weighted by atomic mass is 16.6. The molecule has 8 rings (SSSR count). The van der Waals surface area contributed by atoms with Gasteiger partial charge in [-0.3, -0.25) is 19.2 Å². The maximum absolute atomic E-state index is 14.3. The number of rotatable bonds is 13. The van der Waals surface area contributed by atoms with E-state index in [9.17, 15) is 29.4 Å². The summed E-state index contributed by atoms with van der Waals surface area (Å²) in [7, 11) is 0. The number of carbonyl (C=O) groups excluding carboxylic acids is 3. The first-order chi connectivity index (χ1) is 30.3. The van der Waals surface area contributed by atoms with Gasteiger partial charge >= 0.3 is 11.9 Å². The maximum atomic E-state index is 14.3. The van der Waals surface area contributed by atoms with Crippen molar-refractivity contribution >= 4 is 23.6 Å². The zero-order valence-electron chi connectivity index (χ0n) is 41.4. The van der Waals surface area contributed by atoms with Crippen molar-refractivity contribution in [1.82, 2.24) is 10.6 Å². The first-order valence-corrected chi connectivity index (χ1v) is 25.1. The molecular formula is C54H80N2O9. The van der Waals surface area contributed by atoms with Gasteiger partial charge in [-0.25, -0.2) is 0 Å². The van der Waals surface area contributed by atoms with Crippen LogP contribution in [0.4, 0.5) is 0 Å². The Morgan fingerprint density at radius 3 is 2.20 bits per heavy atom. The minimum Gasteiger partial charge on any atom is -0.488 e. The van der Waals surface area contributed by atoms with Crippen LogP contribution in [0.5, 0.6) is 5.75 Å². The fourth-order valence-electron chi connectivity index (χ4n) is 15.9. The van der Waals surface area contributed by atoms with Crippen molar-refractivity contribution < 1.29 is 43.6 Å². The van der Waals surface area contributed by atoms with E-state index in [-0.39, 0.29) is 63.4 Å². The monoisotopic (exact) mass is 901 g/mol. The predicted molar refractivity (Wildman–Crippen MR) is 249 cm³/mol. The van der Waals surface area contributed by atoms with Crippen molar-refractivity contribution in [3.05, 3.63) is 41.0 Å². The molecule has 6 aliphatic carbocycles. The molecule has 0 unspecified atom stereocenters. The topological polar surface area (TPSA) is 160 Å². The molecule has 360 valence electrons. The number of carboxylic acid groups (broad SMARTS) is 1. The number of benzene rings is 1. The first-order valence-electron chi connectivity index (χ1n) is 25.1. The number of ether oxygens (including phenoxy) is 3. The highest BCUT2D eigenvalue weighted by Crippen LogP contribution is 2.77. The Hall–Kier alpha value is -3.28. The molecule has 1 heterocycles. The van der Waals surface area contributed by atoms with Gasteiger partial charge in [0.15, 0.2) is 5.78 Å². The lowest BCUT2D eigenvalue weighted by molar-refractivity contribution is -0.238. The Labute approximate surface area is 388 Å². The number of hydrogen-bond donors (Lipinski definition) is 4. The van der Waals surface area contributed by atoms with Crippen LogP contribution in [-0.4, -0.2) is 84.0 Å². The van der Waals surface area contributed by atoms with Crippen LogP contribution in [0.15, 0.2) is 35.4 Å². The highest BCUT2D eigenvalue weighted by molar-refractivity contribution is 6.01. The highest BCUT2D eigenvalue weighted by Gasteiger charge is 2.71. The summed E-state index contributed by atoms with van der Waals surface area (Å²) in [6.45, 7) is 26.3.